The van der Waals surface area contributed by atoms with Gasteiger partial charge >= 0.3 is 6.01 Å². The van der Waals surface area contributed by atoms with Crippen molar-refractivity contribution in [2.75, 3.05) is 4.72 Å². The number of nitrogens with zero attached hydrogens (tertiary/aromatic N) is 3. The van der Waals surface area contributed by atoms with Gasteiger partial charge in [0.2, 0.25) is 15.6 Å². The maximum absolute atomic E-state index is 14.2. The molecule has 0 fully saturated rings. The summed E-state index contributed by atoms with van der Waals surface area (Å²) in [5, 5.41) is -0.674. The molecule has 0 amide bonds. The van der Waals surface area contributed by atoms with E-state index in [1.54, 1.807) is 20.9 Å². The Balaban J connectivity index is 2.11. The molecule has 1 atom stereocenters. The van der Waals surface area contributed by atoms with Crippen LogP contribution in [0.4, 0.5) is 10.2 Å². The van der Waals surface area contributed by atoms with Gasteiger partial charge in [0.1, 0.15) is 5.82 Å². The minimum Gasteiger partial charge on any atom is -0.419 e. The van der Waals surface area contributed by atoms with Crippen LogP contribution in [0.25, 0.3) is 11.3 Å². The van der Waals surface area contributed by atoms with E-state index in [2.05, 4.69) is 14.7 Å². The zero-order valence-corrected chi connectivity index (χ0v) is 18.5. The van der Waals surface area contributed by atoms with Crippen molar-refractivity contribution >= 4 is 27.4 Å². The molecule has 2 heterocycles. The third-order valence-electron chi connectivity index (χ3n) is 4.55. The van der Waals surface area contributed by atoms with Gasteiger partial charge in [-0.15, -0.1) is 0 Å². The molecule has 2 aromatic heterocycles. The van der Waals surface area contributed by atoms with Crippen LogP contribution in [0.5, 0.6) is 11.8 Å². The van der Waals surface area contributed by atoms with Gasteiger partial charge < -0.3 is 9.30 Å². The van der Waals surface area contributed by atoms with Crippen LogP contribution in [-0.4, -0.2) is 28.2 Å². The molecule has 31 heavy (non-hydrogen) atoms. The summed E-state index contributed by atoms with van der Waals surface area (Å²) in [6, 6.07) is 7.95. The van der Waals surface area contributed by atoms with Gasteiger partial charge in [0.15, 0.2) is 11.6 Å². The molecule has 0 aliphatic carbocycles. The smallest absolute Gasteiger partial charge is 0.324 e. The molecule has 0 unspecified atom stereocenters. The number of benzene rings is 1. The summed E-state index contributed by atoms with van der Waals surface area (Å²) in [6.07, 6.45) is 1.92. The number of halogens is 2. The van der Waals surface area contributed by atoms with Crippen LogP contribution in [0.3, 0.4) is 0 Å². The van der Waals surface area contributed by atoms with Crippen LogP contribution in [0.2, 0.25) is 5.02 Å². The number of anilines is 1. The third kappa shape index (κ3) is 5.20. The lowest BCUT2D eigenvalue weighted by atomic mass is 10.2. The maximum atomic E-state index is 14.2. The van der Waals surface area contributed by atoms with E-state index in [0.29, 0.717) is 12.0 Å². The number of aryl methyl sites for hydroxylation is 1. The second kappa shape index (κ2) is 9.03. The third-order valence-corrected chi connectivity index (χ3v) is 6.74. The topological polar surface area (TPSA) is 103 Å². The van der Waals surface area contributed by atoms with Gasteiger partial charge in [0.25, 0.3) is 0 Å². The van der Waals surface area contributed by atoms with Gasteiger partial charge in [0.05, 0.1) is 16.0 Å². The Kier molecular flexibility index (Phi) is 6.61. The fourth-order valence-electron chi connectivity index (χ4n) is 2.55. The largest absolute Gasteiger partial charge is 0.419 e. The number of hydrogen-bond acceptors (Lipinski definition) is 6. The SMILES string of the molecule is CC[C@H](C)S(=O)(=O)Nc1cc(-c2ccc(=O)n(C)c2)nc(Oc2c(F)cccc2Cl)n1. The average molecular weight is 467 g/mol. The fraction of sp³-hybridized carbons (Fsp3) is 0.250. The van der Waals surface area contributed by atoms with Crippen molar-refractivity contribution in [3.05, 3.63) is 63.8 Å². The van der Waals surface area contributed by atoms with Gasteiger partial charge in [-0.05, 0) is 31.5 Å². The van der Waals surface area contributed by atoms with Gasteiger partial charge in [-0.3, -0.25) is 9.52 Å². The molecule has 1 N–H and O–H groups in total. The first kappa shape index (κ1) is 22.7. The van der Waals surface area contributed by atoms with E-state index in [0.717, 1.165) is 6.07 Å². The predicted molar refractivity (Wildman–Crippen MR) is 116 cm³/mol. The Hall–Kier alpha value is -2.98. The highest BCUT2D eigenvalue weighted by atomic mass is 35.5. The van der Waals surface area contributed by atoms with Crippen molar-refractivity contribution < 1.29 is 17.5 Å². The minimum absolute atomic E-state index is 0.00199. The second-order valence-corrected chi connectivity index (χ2v) is 9.31. The van der Waals surface area contributed by atoms with Crippen LogP contribution in [0.1, 0.15) is 20.3 Å². The lowest BCUT2D eigenvalue weighted by molar-refractivity contribution is 0.412. The van der Waals surface area contributed by atoms with Crippen molar-refractivity contribution in [2.45, 2.75) is 25.5 Å². The summed E-state index contributed by atoms with van der Waals surface area (Å²) in [5.41, 5.74) is 0.526. The van der Waals surface area contributed by atoms with Crippen LogP contribution in [0, 0.1) is 5.82 Å². The highest BCUT2D eigenvalue weighted by Crippen LogP contribution is 2.32. The average Bonchev–Trinajstić information content (AvgIpc) is 2.71. The van der Waals surface area contributed by atoms with Gasteiger partial charge in [-0.1, -0.05) is 24.6 Å². The van der Waals surface area contributed by atoms with Crippen molar-refractivity contribution in [3.63, 3.8) is 0 Å². The van der Waals surface area contributed by atoms with E-state index in [1.165, 1.54) is 41.1 Å². The highest BCUT2D eigenvalue weighted by molar-refractivity contribution is 7.93. The van der Waals surface area contributed by atoms with Crippen LogP contribution in [-0.2, 0) is 17.1 Å². The highest BCUT2D eigenvalue weighted by Gasteiger charge is 2.21. The Bertz CT molecular complexity index is 1260. The van der Waals surface area contributed by atoms with Crippen molar-refractivity contribution in [1.82, 2.24) is 14.5 Å². The molecule has 1 aromatic carbocycles. The van der Waals surface area contributed by atoms with Crippen molar-refractivity contribution in [3.8, 4) is 23.0 Å². The van der Waals surface area contributed by atoms with E-state index < -0.39 is 21.1 Å². The second-order valence-electron chi connectivity index (χ2n) is 6.81. The monoisotopic (exact) mass is 466 g/mol. The molecule has 0 bridgehead atoms. The first-order valence-corrected chi connectivity index (χ1v) is 11.2. The molecule has 11 heteroatoms. The van der Waals surface area contributed by atoms with E-state index in [-0.39, 0.29) is 33.9 Å². The zero-order chi connectivity index (χ0) is 22.8. The Morgan fingerprint density at radius 3 is 2.65 bits per heavy atom. The molecule has 164 valence electrons. The van der Waals surface area contributed by atoms with Crippen LogP contribution in [0.15, 0.2) is 47.4 Å². The van der Waals surface area contributed by atoms with E-state index in [4.69, 9.17) is 16.3 Å². The van der Waals surface area contributed by atoms with Gasteiger partial charge in [-0.25, -0.2) is 12.8 Å². The zero-order valence-electron chi connectivity index (χ0n) is 17.0. The molecule has 0 aliphatic rings. The number of para-hydroxylation sites is 1. The van der Waals surface area contributed by atoms with Gasteiger partial charge in [-0.2, -0.15) is 9.97 Å². The van der Waals surface area contributed by atoms with Crippen LogP contribution < -0.4 is 15.0 Å². The molecule has 3 aromatic rings. The number of ether oxygens (including phenoxy) is 1. The molecule has 0 radical (unpaired) electrons. The molecule has 0 saturated heterocycles. The predicted octanol–water partition coefficient (Wildman–Crippen LogP) is 3.97. The summed E-state index contributed by atoms with van der Waals surface area (Å²) < 4.78 is 48.4. The summed E-state index contributed by atoms with van der Waals surface area (Å²) in [4.78, 5) is 20.0. The summed E-state index contributed by atoms with van der Waals surface area (Å²) in [6.45, 7) is 3.31. The summed E-state index contributed by atoms with van der Waals surface area (Å²) >= 11 is 6.01. The minimum atomic E-state index is -3.73. The summed E-state index contributed by atoms with van der Waals surface area (Å²) in [5.74, 6) is -1.09. The Morgan fingerprint density at radius 2 is 2.00 bits per heavy atom. The molecular formula is C20H20ClFN4O4S. The number of aromatic nitrogens is 3. The van der Waals surface area contributed by atoms with Crippen molar-refractivity contribution in [1.29, 1.82) is 0 Å². The number of rotatable bonds is 7. The number of sulfonamides is 1. The summed E-state index contributed by atoms with van der Waals surface area (Å²) in [7, 11) is -2.17. The first-order chi connectivity index (χ1) is 14.6. The fourth-order valence-corrected chi connectivity index (χ4v) is 3.79. The molecule has 3 rings (SSSR count). The van der Waals surface area contributed by atoms with E-state index in [9.17, 15) is 17.6 Å². The Labute approximate surface area is 183 Å². The standard InChI is InChI=1S/C20H20ClFN4O4S/c1-4-12(2)31(28,29)25-17-10-16(13-8-9-18(27)26(3)11-13)23-20(24-17)30-19-14(21)6-5-7-15(19)22/h5-12H,4H2,1-3H3,(H,23,24,25)/t12-/m0/s1. The number of nitrogens with one attached hydrogen (secondary N) is 1. The van der Waals surface area contributed by atoms with Crippen LogP contribution >= 0.6 is 11.6 Å². The normalized spacial score (nSPS) is 12.4. The molecule has 0 saturated carbocycles. The quantitative estimate of drug-likeness (QED) is 0.565. The van der Waals surface area contributed by atoms with E-state index in [1.807, 2.05) is 0 Å². The lowest BCUT2D eigenvalue weighted by Crippen LogP contribution is -2.25. The molecule has 0 aliphatic heterocycles. The number of pyridine rings is 1. The Morgan fingerprint density at radius 1 is 1.26 bits per heavy atom. The maximum Gasteiger partial charge on any atom is 0.324 e. The van der Waals surface area contributed by atoms with E-state index >= 15 is 0 Å². The van der Waals surface area contributed by atoms with Crippen molar-refractivity contribution in [2.24, 2.45) is 7.05 Å². The molecular weight excluding hydrogens is 447 g/mol. The lowest BCUT2D eigenvalue weighted by Gasteiger charge is -2.14. The first-order valence-electron chi connectivity index (χ1n) is 9.30. The molecule has 0 spiro atoms. The van der Waals surface area contributed by atoms with Gasteiger partial charge in [0, 0.05) is 30.9 Å². The molecule has 8 nitrogen and oxygen atoms in total. The number of hydrogen-bond donors (Lipinski definition) is 1.